The molecule has 2 N–H and O–H groups in total. The van der Waals surface area contributed by atoms with Gasteiger partial charge in [0.25, 0.3) is 0 Å². The van der Waals surface area contributed by atoms with E-state index in [4.69, 9.17) is 25.9 Å². The topological polar surface area (TPSA) is 115 Å². The molecule has 0 unspecified atom stereocenters. The molecule has 0 fully saturated rings. The van der Waals surface area contributed by atoms with E-state index in [1.54, 1.807) is 0 Å². The van der Waals surface area contributed by atoms with E-state index in [0.717, 1.165) is 6.67 Å². The van der Waals surface area contributed by atoms with E-state index >= 15 is 0 Å². The predicted octanol–water partition coefficient (Wildman–Crippen LogP) is 2.25. The minimum atomic E-state index is -5.84. The van der Waals surface area contributed by atoms with Crippen LogP contribution in [-0.4, -0.2) is 67.0 Å². The number of hydrogen-bond acceptors (Lipinski definition) is 6. The molecule has 0 aliphatic carbocycles. The maximum absolute atomic E-state index is 10.7. The first-order valence-corrected chi connectivity index (χ1v) is 9.41. The van der Waals surface area contributed by atoms with Gasteiger partial charge in [0.15, 0.2) is 0 Å². The molecule has 8 nitrogen and oxygen atoms in total. The number of hydrogen-bond donors (Lipinski definition) is 2. The van der Waals surface area contributed by atoms with E-state index in [0.29, 0.717) is 0 Å². The molecule has 0 atom stereocenters. The summed E-state index contributed by atoms with van der Waals surface area (Å²) in [4.78, 5) is 4.53. The van der Waals surface area contributed by atoms with Crippen molar-refractivity contribution in [2.75, 3.05) is 20.3 Å². The smallest absolute Gasteiger partial charge is 0.362 e. The first-order chi connectivity index (χ1) is 11.3. The number of rotatable bonds is 3. The number of alkyl halides is 6. The third-order valence-corrected chi connectivity index (χ3v) is 3.49. The minimum absolute atomic E-state index is 1.07. The third kappa shape index (κ3) is 12.2. The second-order valence-electron chi connectivity index (χ2n) is 4.70. The van der Waals surface area contributed by atoms with Crippen molar-refractivity contribution in [1.29, 1.82) is 0 Å². The van der Waals surface area contributed by atoms with E-state index < -0.39 is 31.3 Å². The van der Waals surface area contributed by atoms with E-state index in [-0.39, 0.29) is 0 Å². The molecule has 0 radical (unpaired) electrons. The van der Waals surface area contributed by atoms with Gasteiger partial charge in [-0.15, -0.1) is 0 Å². The number of unbranched alkanes of at least 4 members (excludes halogenated alkanes) is 1. The molecule has 26 heavy (non-hydrogen) atoms. The summed E-state index contributed by atoms with van der Waals surface area (Å²) in [5, 5.41) is 0. The van der Waals surface area contributed by atoms with Crippen molar-refractivity contribution >= 4 is 20.2 Å². The first-order valence-electron chi connectivity index (χ1n) is 6.53. The fourth-order valence-electron chi connectivity index (χ4n) is 1.10. The molecule has 16 heteroatoms. The summed E-state index contributed by atoms with van der Waals surface area (Å²) >= 11 is 0. The van der Waals surface area contributed by atoms with Gasteiger partial charge in [-0.25, -0.2) is 0 Å². The van der Waals surface area contributed by atoms with Crippen LogP contribution in [0.2, 0.25) is 0 Å². The Labute approximate surface area is 146 Å². The van der Waals surface area contributed by atoms with Gasteiger partial charge < -0.3 is 9.80 Å². The molecule has 0 aromatic carbocycles. The van der Waals surface area contributed by atoms with Crippen LogP contribution in [0.4, 0.5) is 26.3 Å². The molecule has 158 valence electrons. The molecule has 1 rings (SSSR count). The van der Waals surface area contributed by atoms with Crippen LogP contribution < -0.4 is 0 Å². The van der Waals surface area contributed by atoms with E-state index in [9.17, 15) is 26.3 Å². The second-order valence-corrected chi connectivity index (χ2v) is 7.53. The molecule has 0 aromatic heterocycles. The Morgan fingerprint density at radius 1 is 0.923 bits per heavy atom. The Balaban J connectivity index is 0. The van der Waals surface area contributed by atoms with Crippen molar-refractivity contribution in [1.82, 2.24) is 9.80 Å². The van der Waals surface area contributed by atoms with Crippen LogP contribution in [0.5, 0.6) is 0 Å². The second kappa shape index (κ2) is 10.2. The van der Waals surface area contributed by atoms with Gasteiger partial charge in [0, 0.05) is 26.0 Å². The highest BCUT2D eigenvalue weighted by molar-refractivity contribution is 7.86. The summed E-state index contributed by atoms with van der Waals surface area (Å²) in [7, 11) is -9.58. The highest BCUT2D eigenvalue weighted by Crippen LogP contribution is 2.21. The van der Waals surface area contributed by atoms with Crippen LogP contribution in [0.3, 0.4) is 0 Å². The van der Waals surface area contributed by atoms with Gasteiger partial charge in [-0.1, -0.05) is 13.3 Å². The van der Waals surface area contributed by atoms with E-state index in [1.807, 2.05) is 0 Å². The summed E-state index contributed by atoms with van der Waals surface area (Å²) in [6.07, 6.45) is 6.87. The van der Waals surface area contributed by atoms with Gasteiger partial charge >= 0.3 is 31.3 Å². The summed E-state index contributed by atoms with van der Waals surface area (Å²) in [5.74, 6) is 0. The van der Waals surface area contributed by atoms with E-state index in [1.165, 1.54) is 19.4 Å². The van der Waals surface area contributed by atoms with Gasteiger partial charge in [0.2, 0.25) is 0 Å². The Bertz CT molecular complexity index is 602. The lowest BCUT2D eigenvalue weighted by Gasteiger charge is -2.17. The molecule has 0 saturated carbocycles. The lowest BCUT2D eigenvalue weighted by Crippen LogP contribution is -2.23. The summed E-state index contributed by atoms with van der Waals surface area (Å²) < 4.78 is 115. The predicted molar refractivity (Wildman–Crippen MR) is 78.6 cm³/mol. The molecule has 0 amide bonds. The molecule has 0 aromatic rings. The Morgan fingerprint density at radius 3 is 1.46 bits per heavy atom. The van der Waals surface area contributed by atoms with Gasteiger partial charge in [-0.2, -0.15) is 43.2 Å². The zero-order valence-corrected chi connectivity index (χ0v) is 15.1. The Kier molecular flexibility index (Phi) is 10.5. The van der Waals surface area contributed by atoms with Crippen molar-refractivity contribution in [2.45, 2.75) is 30.8 Å². The minimum Gasteiger partial charge on any atom is -0.362 e. The number of nitrogens with zero attached hydrogens (tertiary/aromatic N) is 2. The first kappa shape index (κ1) is 27.0. The van der Waals surface area contributed by atoms with Gasteiger partial charge in [-0.3, -0.25) is 9.11 Å². The van der Waals surface area contributed by atoms with Gasteiger partial charge in [-0.05, 0) is 6.42 Å². The fourth-order valence-corrected chi connectivity index (χ4v) is 1.10. The summed E-state index contributed by atoms with van der Waals surface area (Å²) in [6.45, 7) is 4.50. The molecule has 1 aliphatic rings. The monoisotopic (exact) mass is 440 g/mol. The van der Waals surface area contributed by atoms with Crippen LogP contribution >= 0.6 is 0 Å². The Hall–Kier alpha value is -1.26. The lowest BCUT2D eigenvalue weighted by atomic mass is 10.3. The maximum atomic E-state index is 10.7. The molecule has 1 aliphatic heterocycles. The third-order valence-electron chi connectivity index (χ3n) is 2.32. The highest BCUT2D eigenvalue weighted by Gasteiger charge is 2.45. The van der Waals surface area contributed by atoms with Crippen LogP contribution in [0.15, 0.2) is 12.4 Å². The van der Waals surface area contributed by atoms with E-state index in [2.05, 4.69) is 36.2 Å². The highest BCUT2D eigenvalue weighted by atomic mass is 32.2. The standard InChI is InChI=1S/C8H16N2.2CHF3O3S/c1-3-4-5-10-7-6-9(2)8-10;2*2-1(3,4)8(5,6)7/h6-7H,3-5,8H2,1-2H3;2*(H,5,6,7). The average Bonchev–Trinajstić information content (AvgIpc) is 2.79. The molecular formula is C10H18F6N2O6S2. The van der Waals surface area contributed by atoms with Crippen LogP contribution in [0.1, 0.15) is 19.8 Å². The normalized spacial score (nSPS) is 15.2. The van der Waals surface area contributed by atoms with Crippen molar-refractivity contribution in [3.63, 3.8) is 0 Å². The Morgan fingerprint density at radius 2 is 1.27 bits per heavy atom. The fraction of sp³-hybridized carbons (Fsp3) is 0.800. The van der Waals surface area contributed by atoms with Gasteiger partial charge in [0.1, 0.15) is 0 Å². The SMILES string of the molecule is CCCCN1C=CN(C)C1.O=S(=O)(O)C(F)(F)F.O=S(=O)(O)C(F)(F)F. The summed E-state index contributed by atoms with van der Waals surface area (Å²) in [6, 6.07) is 0. The molecule has 0 spiro atoms. The van der Waals surface area contributed by atoms with Crippen molar-refractivity contribution < 1.29 is 52.3 Å². The van der Waals surface area contributed by atoms with Crippen LogP contribution in [-0.2, 0) is 20.2 Å². The average molecular weight is 440 g/mol. The lowest BCUT2D eigenvalue weighted by molar-refractivity contribution is -0.0514. The molecule has 0 bridgehead atoms. The van der Waals surface area contributed by atoms with Gasteiger partial charge in [0.05, 0.1) is 6.67 Å². The molecule has 1 heterocycles. The largest absolute Gasteiger partial charge is 0.522 e. The van der Waals surface area contributed by atoms with Crippen molar-refractivity contribution in [2.24, 2.45) is 0 Å². The van der Waals surface area contributed by atoms with Crippen LogP contribution in [0, 0.1) is 0 Å². The zero-order valence-electron chi connectivity index (χ0n) is 13.5. The molecule has 0 saturated heterocycles. The summed E-state index contributed by atoms with van der Waals surface area (Å²) in [5.41, 5.74) is -11.1. The number of halogens is 6. The molecular weight excluding hydrogens is 422 g/mol. The van der Waals surface area contributed by atoms with Crippen LogP contribution in [0.25, 0.3) is 0 Å². The maximum Gasteiger partial charge on any atom is 0.522 e. The quantitative estimate of drug-likeness (QED) is 0.390. The van der Waals surface area contributed by atoms with Crippen molar-refractivity contribution in [3.05, 3.63) is 12.4 Å². The van der Waals surface area contributed by atoms with Crippen molar-refractivity contribution in [3.8, 4) is 0 Å². The zero-order chi connectivity index (χ0) is 21.4.